The number of sulfone groups is 1. The number of nitrogens with one attached hydrogen (secondary N) is 2. The molecule has 0 aliphatic rings. The van der Waals surface area contributed by atoms with Gasteiger partial charge in [0.1, 0.15) is 0 Å². The zero-order valence-corrected chi connectivity index (χ0v) is 17.9. The Hall–Kier alpha value is -1.75. The van der Waals surface area contributed by atoms with Crippen LogP contribution in [0.3, 0.4) is 0 Å². The van der Waals surface area contributed by atoms with Gasteiger partial charge in [0.15, 0.2) is 9.84 Å². The van der Waals surface area contributed by atoms with E-state index in [0.717, 1.165) is 12.3 Å². The van der Waals surface area contributed by atoms with Crippen LogP contribution in [0.5, 0.6) is 0 Å². The molecule has 10 heteroatoms. The van der Waals surface area contributed by atoms with Crippen LogP contribution in [-0.4, -0.2) is 35.5 Å². The molecule has 0 radical (unpaired) electrons. The van der Waals surface area contributed by atoms with Gasteiger partial charge in [-0.15, -0.1) is 0 Å². The van der Waals surface area contributed by atoms with Crippen molar-refractivity contribution in [3.05, 3.63) is 58.1 Å². The quantitative estimate of drug-likeness (QED) is 0.638. The maximum atomic E-state index is 12.6. The van der Waals surface area contributed by atoms with Gasteiger partial charge in [-0.3, -0.25) is 4.79 Å². The van der Waals surface area contributed by atoms with Crippen LogP contribution >= 0.6 is 15.9 Å². The molecule has 146 valence electrons. The summed E-state index contributed by atoms with van der Waals surface area (Å²) >= 11 is 3.14. The molecule has 0 saturated carbocycles. The smallest absolute Gasteiger partial charge is 0.251 e. The number of benzene rings is 2. The molecule has 2 aromatic carbocycles. The summed E-state index contributed by atoms with van der Waals surface area (Å²) in [5, 5.41) is 2.68. The highest BCUT2D eigenvalue weighted by Gasteiger charge is 2.20. The van der Waals surface area contributed by atoms with Gasteiger partial charge < -0.3 is 5.32 Å². The van der Waals surface area contributed by atoms with E-state index in [1.54, 1.807) is 24.3 Å². The van der Waals surface area contributed by atoms with Gasteiger partial charge in [-0.1, -0.05) is 12.1 Å². The first kappa shape index (κ1) is 21.5. The number of rotatable bonds is 7. The summed E-state index contributed by atoms with van der Waals surface area (Å²) < 4.78 is 51.2. The minimum atomic E-state index is -3.95. The van der Waals surface area contributed by atoms with Gasteiger partial charge >= 0.3 is 0 Å². The van der Waals surface area contributed by atoms with Crippen molar-refractivity contribution in [2.75, 3.05) is 12.8 Å². The molecule has 2 N–H and O–H groups in total. The molecular weight excluding hydrogens is 456 g/mol. The molecule has 0 aliphatic heterocycles. The summed E-state index contributed by atoms with van der Waals surface area (Å²) in [5.41, 5.74) is 1.13. The van der Waals surface area contributed by atoms with Crippen LogP contribution in [0.15, 0.2) is 56.7 Å². The monoisotopic (exact) mass is 474 g/mol. The van der Waals surface area contributed by atoms with Crippen molar-refractivity contribution in [2.24, 2.45) is 0 Å². The molecule has 7 nitrogen and oxygen atoms in total. The van der Waals surface area contributed by atoms with Crippen LogP contribution in [0.4, 0.5) is 0 Å². The Labute approximate surface area is 167 Å². The van der Waals surface area contributed by atoms with E-state index in [-0.39, 0.29) is 26.7 Å². The topological polar surface area (TPSA) is 109 Å². The van der Waals surface area contributed by atoms with Crippen LogP contribution in [0.25, 0.3) is 0 Å². The molecule has 0 atom stereocenters. The van der Waals surface area contributed by atoms with E-state index in [9.17, 15) is 21.6 Å². The Morgan fingerprint density at radius 2 is 1.67 bits per heavy atom. The fourth-order valence-electron chi connectivity index (χ4n) is 2.21. The third-order valence-corrected chi connectivity index (χ3v) is 7.15. The number of hydrogen-bond donors (Lipinski definition) is 2. The third kappa shape index (κ3) is 5.61. The van der Waals surface area contributed by atoms with Gasteiger partial charge in [0.05, 0.1) is 9.79 Å². The zero-order chi connectivity index (χ0) is 20.2. The Morgan fingerprint density at radius 3 is 2.22 bits per heavy atom. The molecular formula is C17H19BrN2O5S2. The van der Waals surface area contributed by atoms with Gasteiger partial charge in [0, 0.05) is 29.4 Å². The summed E-state index contributed by atoms with van der Waals surface area (Å²) in [6.45, 7) is 2.33. The van der Waals surface area contributed by atoms with E-state index >= 15 is 0 Å². The molecule has 0 aliphatic carbocycles. The standard InChI is InChI=1S/C17H19BrN2O5S2/c1-3-19-17(21)13-6-4-12(5-7-13)11-20-27(24,25)16-10-14(26(2,22)23)8-9-15(16)18/h4-10,20H,3,11H2,1-2H3,(H,19,21). The number of hydrogen-bond acceptors (Lipinski definition) is 5. The second-order valence-corrected chi connectivity index (χ2v) is 10.4. The number of sulfonamides is 1. The minimum absolute atomic E-state index is 0.00640. The largest absolute Gasteiger partial charge is 0.352 e. The Balaban J connectivity index is 2.19. The van der Waals surface area contributed by atoms with Crippen LogP contribution in [-0.2, 0) is 26.4 Å². The van der Waals surface area contributed by atoms with E-state index in [4.69, 9.17) is 0 Å². The summed E-state index contributed by atoms with van der Waals surface area (Å²) in [7, 11) is -7.49. The average molecular weight is 475 g/mol. The predicted octanol–water partition coefficient (Wildman–Crippen LogP) is 2.08. The highest BCUT2D eigenvalue weighted by atomic mass is 79.9. The van der Waals surface area contributed by atoms with Crippen LogP contribution in [0, 0.1) is 0 Å². The number of carbonyl (C=O) groups is 1. The Kier molecular flexibility index (Phi) is 6.79. The molecule has 27 heavy (non-hydrogen) atoms. The first-order valence-corrected chi connectivity index (χ1v) is 12.1. The summed E-state index contributed by atoms with van der Waals surface area (Å²) in [4.78, 5) is 11.5. The number of halogens is 1. The van der Waals surface area contributed by atoms with E-state index in [0.29, 0.717) is 17.7 Å². The predicted molar refractivity (Wildman–Crippen MR) is 106 cm³/mol. The van der Waals surface area contributed by atoms with Crippen molar-refractivity contribution in [2.45, 2.75) is 23.3 Å². The van der Waals surface area contributed by atoms with Gasteiger partial charge in [0.2, 0.25) is 10.0 Å². The van der Waals surface area contributed by atoms with Crippen molar-refractivity contribution in [3.63, 3.8) is 0 Å². The highest BCUT2D eigenvalue weighted by molar-refractivity contribution is 9.10. The maximum absolute atomic E-state index is 12.6. The van der Waals surface area contributed by atoms with Gasteiger partial charge in [-0.2, -0.15) is 0 Å². The lowest BCUT2D eigenvalue weighted by atomic mass is 10.1. The van der Waals surface area contributed by atoms with Crippen LogP contribution in [0.1, 0.15) is 22.8 Å². The molecule has 1 amide bonds. The van der Waals surface area contributed by atoms with Crippen molar-refractivity contribution in [1.29, 1.82) is 0 Å². The fraction of sp³-hybridized carbons (Fsp3) is 0.235. The molecule has 2 aromatic rings. The molecule has 0 heterocycles. The molecule has 0 spiro atoms. The van der Waals surface area contributed by atoms with Gasteiger partial charge in [-0.05, 0) is 58.7 Å². The average Bonchev–Trinajstić information content (AvgIpc) is 2.60. The second-order valence-electron chi connectivity index (χ2n) is 5.75. The second kappa shape index (κ2) is 8.51. The first-order valence-electron chi connectivity index (χ1n) is 7.91. The normalized spacial score (nSPS) is 12.0. The SMILES string of the molecule is CCNC(=O)c1ccc(CNS(=O)(=O)c2cc(S(C)(=O)=O)ccc2Br)cc1. The lowest BCUT2D eigenvalue weighted by Gasteiger charge is -2.10. The molecule has 0 fully saturated rings. The van der Waals surface area contributed by atoms with Crippen LogP contribution in [0.2, 0.25) is 0 Å². The van der Waals surface area contributed by atoms with Crippen molar-refractivity contribution >= 4 is 41.7 Å². The minimum Gasteiger partial charge on any atom is -0.352 e. The maximum Gasteiger partial charge on any atom is 0.251 e. The van der Waals surface area contributed by atoms with Crippen molar-refractivity contribution in [1.82, 2.24) is 10.0 Å². The van der Waals surface area contributed by atoms with E-state index in [2.05, 4.69) is 26.0 Å². The van der Waals surface area contributed by atoms with Crippen molar-refractivity contribution < 1.29 is 21.6 Å². The summed E-state index contributed by atoms with van der Waals surface area (Å²) in [6, 6.07) is 10.3. The molecule has 0 bridgehead atoms. The molecule has 0 aromatic heterocycles. The Morgan fingerprint density at radius 1 is 1.04 bits per heavy atom. The lowest BCUT2D eigenvalue weighted by molar-refractivity contribution is 0.0956. The highest BCUT2D eigenvalue weighted by Crippen LogP contribution is 2.25. The van der Waals surface area contributed by atoms with Crippen LogP contribution < -0.4 is 10.0 Å². The Bertz CT molecular complexity index is 1050. The van der Waals surface area contributed by atoms with E-state index in [1.165, 1.54) is 12.1 Å². The summed E-state index contributed by atoms with van der Waals surface area (Å²) in [5.74, 6) is -0.203. The molecule has 0 unspecified atom stereocenters. The first-order chi connectivity index (χ1) is 12.5. The van der Waals surface area contributed by atoms with E-state index in [1.807, 2.05) is 6.92 Å². The molecule has 2 rings (SSSR count). The zero-order valence-electron chi connectivity index (χ0n) is 14.7. The fourth-order valence-corrected chi connectivity index (χ4v) is 4.94. The molecule has 0 saturated heterocycles. The van der Waals surface area contributed by atoms with Gasteiger partial charge in [0.25, 0.3) is 5.91 Å². The van der Waals surface area contributed by atoms with Crippen molar-refractivity contribution in [3.8, 4) is 0 Å². The van der Waals surface area contributed by atoms with Gasteiger partial charge in [-0.25, -0.2) is 21.6 Å². The summed E-state index contributed by atoms with van der Waals surface area (Å²) in [6.07, 6.45) is 1.01. The van der Waals surface area contributed by atoms with E-state index < -0.39 is 19.9 Å². The lowest BCUT2D eigenvalue weighted by Crippen LogP contribution is -2.24. The number of amides is 1. The third-order valence-electron chi connectivity index (χ3n) is 3.64. The number of carbonyl (C=O) groups excluding carboxylic acids is 1.